The zero-order valence-electron chi connectivity index (χ0n) is 10.7. The van der Waals surface area contributed by atoms with E-state index in [0.29, 0.717) is 5.92 Å². The molecule has 16 heavy (non-hydrogen) atoms. The molecule has 2 aromatic rings. The Labute approximate surface area is 96.5 Å². The number of rotatable bonds is 1. The van der Waals surface area contributed by atoms with Crippen molar-refractivity contribution >= 4 is 5.65 Å². The van der Waals surface area contributed by atoms with Gasteiger partial charge in [0.15, 0.2) is 5.65 Å². The molecule has 0 bridgehead atoms. The van der Waals surface area contributed by atoms with Crippen molar-refractivity contribution in [2.24, 2.45) is 0 Å². The highest BCUT2D eigenvalue weighted by atomic mass is 15.0. The molecule has 0 aliphatic heterocycles. The van der Waals surface area contributed by atoms with Gasteiger partial charge in [0.25, 0.3) is 0 Å². The van der Waals surface area contributed by atoms with Crippen LogP contribution in [-0.2, 0) is 5.41 Å². The second-order valence-electron chi connectivity index (χ2n) is 5.59. The van der Waals surface area contributed by atoms with Crippen LogP contribution in [0.4, 0.5) is 0 Å². The van der Waals surface area contributed by atoms with Crippen molar-refractivity contribution < 1.29 is 0 Å². The summed E-state index contributed by atoms with van der Waals surface area (Å²) in [6.07, 6.45) is 5.90. The Morgan fingerprint density at radius 2 is 1.81 bits per heavy atom. The Kier molecular flexibility index (Phi) is 2.49. The number of aromatic nitrogens is 3. The first-order valence-electron chi connectivity index (χ1n) is 5.73. The normalized spacial score (nSPS) is 12.6. The van der Waals surface area contributed by atoms with Gasteiger partial charge in [0.2, 0.25) is 0 Å². The van der Waals surface area contributed by atoms with E-state index >= 15 is 0 Å². The summed E-state index contributed by atoms with van der Waals surface area (Å²) in [6.45, 7) is 10.9. The van der Waals surface area contributed by atoms with Crippen LogP contribution in [0.1, 0.15) is 51.9 Å². The van der Waals surface area contributed by atoms with Crippen molar-refractivity contribution in [1.82, 2.24) is 14.4 Å². The Bertz CT molecular complexity index is 503. The summed E-state index contributed by atoms with van der Waals surface area (Å²) in [5, 5.41) is 0. The van der Waals surface area contributed by atoms with Crippen LogP contribution in [-0.4, -0.2) is 14.4 Å². The van der Waals surface area contributed by atoms with Gasteiger partial charge in [-0.3, -0.25) is 4.98 Å². The monoisotopic (exact) mass is 217 g/mol. The van der Waals surface area contributed by atoms with Crippen molar-refractivity contribution in [2.75, 3.05) is 0 Å². The van der Waals surface area contributed by atoms with Gasteiger partial charge in [-0.2, -0.15) is 0 Å². The van der Waals surface area contributed by atoms with E-state index in [-0.39, 0.29) is 5.41 Å². The highest BCUT2D eigenvalue weighted by Gasteiger charge is 2.19. The standard InChI is InChI=1S/C13H19N3/c1-9(2)10-8-16-11(13(3,4)5)6-15-12(16)7-14-10/h6-9H,1-5H3. The second kappa shape index (κ2) is 3.58. The van der Waals surface area contributed by atoms with Crippen LogP contribution in [0, 0.1) is 0 Å². The Balaban J connectivity index is 2.65. The van der Waals surface area contributed by atoms with Crippen LogP contribution in [0.5, 0.6) is 0 Å². The average molecular weight is 217 g/mol. The molecule has 0 atom stereocenters. The third kappa shape index (κ3) is 1.82. The summed E-state index contributed by atoms with van der Waals surface area (Å²) in [6, 6.07) is 0. The molecule has 0 fully saturated rings. The highest BCUT2D eigenvalue weighted by Crippen LogP contribution is 2.23. The largest absolute Gasteiger partial charge is 0.300 e. The highest BCUT2D eigenvalue weighted by molar-refractivity contribution is 5.40. The molecule has 2 rings (SSSR count). The van der Waals surface area contributed by atoms with E-state index in [1.807, 2.05) is 12.4 Å². The number of hydrogen-bond donors (Lipinski definition) is 0. The van der Waals surface area contributed by atoms with E-state index in [2.05, 4.69) is 55.2 Å². The van der Waals surface area contributed by atoms with Gasteiger partial charge >= 0.3 is 0 Å². The van der Waals surface area contributed by atoms with Gasteiger partial charge in [-0.05, 0) is 5.92 Å². The lowest BCUT2D eigenvalue weighted by Crippen LogP contribution is -2.14. The summed E-state index contributed by atoms with van der Waals surface area (Å²) in [7, 11) is 0. The molecule has 2 aromatic heterocycles. The van der Waals surface area contributed by atoms with Crippen LogP contribution in [0.25, 0.3) is 5.65 Å². The summed E-state index contributed by atoms with van der Waals surface area (Å²) in [4.78, 5) is 8.80. The molecule has 2 heterocycles. The SMILES string of the molecule is CC(C)c1cn2c(C(C)(C)C)cnc2cn1. The fourth-order valence-corrected chi connectivity index (χ4v) is 1.76. The maximum absolute atomic E-state index is 4.42. The molecule has 0 spiro atoms. The van der Waals surface area contributed by atoms with Gasteiger partial charge in [0.05, 0.1) is 11.9 Å². The lowest BCUT2D eigenvalue weighted by atomic mass is 9.93. The number of imidazole rings is 1. The van der Waals surface area contributed by atoms with Gasteiger partial charge in [0, 0.05) is 23.5 Å². The van der Waals surface area contributed by atoms with Crippen LogP contribution in [0.3, 0.4) is 0 Å². The fraction of sp³-hybridized carbons (Fsp3) is 0.538. The summed E-state index contributed by atoms with van der Waals surface area (Å²) < 4.78 is 2.16. The van der Waals surface area contributed by atoms with Crippen molar-refractivity contribution in [3.8, 4) is 0 Å². The topological polar surface area (TPSA) is 30.2 Å². The molecule has 0 radical (unpaired) electrons. The van der Waals surface area contributed by atoms with Gasteiger partial charge in [0.1, 0.15) is 0 Å². The van der Waals surface area contributed by atoms with Crippen LogP contribution >= 0.6 is 0 Å². The van der Waals surface area contributed by atoms with Gasteiger partial charge in [-0.25, -0.2) is 4.98 Å². The zero-order chi connectivity index (χ0) is 11.9. The lowest BCUT2D eigenvalue weighted by Gasteiger charge is -2.18. The van der Waals surface area contributed by atoms with Gasteiger partial charge < -0.3 is 4.40 Å². The summed E-state index contributed by atoms with van der Waals surface area (Å²) in [5.41, 5.74) is 3.37. The van der Waals surface area contributed by atoms with Crippen LogP contribution in [0.2, 0.25) is 0 Å². The first-order valence-corrected chi connectivity index (χ1v) is 5.73. The molecule has 0 saturated carbocycles. The molecular weight excluding hydrogens is 198 g/mol. The quantitative estimate of drug-likeness (QED) is 0.734. The van der Waals surface area contributed by atoms with Crippen molar-refractivity contribution in [1.29, 1.82) is 0 Å². The predicted molar refractivity (Wildman–Crippen MR) is 65.8 cm³/mol. The van der Waals surface area contributed by atoms with E-state index in [0.717, 1.165) is 11.3 Å². The predicted octanol–water partition coefficient (Wildman–Crippen LogP) is 3.15. The van der Waals surface area contributed by atoms with E-state index in [1.165, 1.54) is 5.69 Å². The third-order valence-electron chi connectivity index (χ3n) is 2.78. The number of nitrogens with zero attached hydrogens (tertiary/aromatic N) is 3. The van der Waals surface area contributed by atoms with Gasteiger partial charge in [-0.1, -0.05) is 34.6 Å². The van der Waals surface area contributed by atoms with E-state index < -0.39 is 0 Å². The van der Waals surface area contributed by atoms with Gasteiger partial charge in [-0.15, -0.1) is 0 Å². The van der Waals surface area contributed by atoms with E-state index in [4.69, 9.17) is 0 Å². The second-order valence-corrected chi connectivity index (χ2v) is 5.59. The number of fused-ring (bicyclic) bond motifs is 1. The van der Waals surface area contributed by atoms with Crippen LogP contribution in [0.15, 0.2) is 18.6 Å². The molecule has 3 heteroatoms. The smallest absolute Gasteiger partial charge is 0.155 e. The minimum absolute atomic E-state index is 0.106. The molecule has 0 N–H and O–H groups in total. The zero-order valence-corrected chi connectivity index (χ0v) is 10.7. The molecule has 0 aromatic carbocycles. The maximum atomic E-state index is 4.42. The minimum Gasteiger partial charge on any atom is -0.300 e. The molecular formula is C13H19N3. The molecule has 0 aliphatic carbocycles. The van der Waals surface area contributed by atoms with Crippen molar-refractivity contribution in [3.63, 3.8) is 0 Å². The third-order valence-corrected chi connectivity index (χ3v) is 2.78. The molecule has 0 unspecified atom stereocenters. The minimum atomic E-state index is 0.106. The van der Waals surface area contributed by atoms with Crippen molar-refractivity contribution in [3.05, 3.63) is 30.0 Å². The molecule has 0 amide bonds. The first kappa shape index (κ1) is 11.1. The Hall–Kier alpha value is -1.38. The summed E-state index contributed by atoms with van der Waals surface area (Å²) >= 11 is 0. The summed E-state index contributed by atoms with van der Waals surface area (Å²) in [5.74, 6) is 0.444. The lowest BCUT2D eigenvalue weighted by molar-refractivity contribution is 0.562. The Morgan fingerprint density at radius 1 is 1.12 bits per heavy atom. The maximum Gasteiger partial charge on any atom is 0.155 e. The van der Waals surface area contributed by atoms with Crippen LogP contribution < -0.4 is 0 Å². The first-order chi connectivity index (χ1) is 7.39. The average Bonchev–Trinajstić information content (AvgIpc) is 2.58. The molecule has 0 aliphatic rings. The molecule has 0 saturated heterocycles. The van der Waals surface area contributed by atoms with E-state index in [9.17, 15) is 0 Å². The Morgan fingerprint density at radius 3 is 2.38 bits per heavy atom. The van der Waals surface area contributed by atoms with E-state index in [1.54, 1.807) is 0 Å². The number of hydrogen-bond acceptors (Lipinski definition) is 2. The molecule has 3 nitrogen and oxygen atoms in total. The fourth-order valence-electron chi connectivity index (χ4n) is 1.76. The molecule has 86 valence electrons. The van der Waals surface area contributed by atoms with Crippen molar-refractivity contribution in [2.45, 2.75) is 46.0 Å².